The number of nitrogens with zero attached hydrogens (tertiary/aromatic N) is 2. The molecule has 1 N–H and O–H groups in total. The summed E-state index contributed by atoms with van der Waals surface area (Å²) in [5, 5.41) is 0. The molecule has 1 aliphatic rings. The smallest absolute Gasteiger partial charge is 0.261 e. The number of hydrogen-bond acceptors (Lipinski definition) is 6. The molecule has 0 bridgehead atoms. The Morgan fingerprint density at radius 2 is 1.59 bits per heavy atom. The van der Waals surface area contributed by atoms with Crippen LogP contribution in [-0.2, 0) is 16.6 Å². The lowest BCUT2D eigenvalue weighted by molar-refractivity contribution is 0.249. The van der Waals surface area contributed by atoms with E-state index in [1.807, 2.05) is 30.3 Å². The third-order valence-corrected chi connectivity index (χ3v) is 7.21. The monoisotopic (exact) mass is 485 g/mol. The Morgan fingerprint density at radius 1 is 0.882 bits per heavy atom. The van der Waals surface area contributed by atoms with E-state index in [0.717, 1.165) is 55.8 Å². The third kappa shape index (κ3) is 5.60. The molecule has 1 fully saturated rings. The van der Waals surface area contributed by atoms with E-state index in [1.165, 1.54) is 18.2 Å². The van der Waals surface area contributed by atoms with E-state index in [0.29, 0.717) is 5.75 Å². The van der Waals surface area contributed by atoms with Crippen LogP contribution in [0, 0.1) is 5.82 Å². The fourth-order valence-electron chi connectivity index (χ4n) is 4.00. The first-order valence-electron chi connectivity index (χ1n) is 10.9. The van der Waals surface area contributed by atoms with Gasteiger partial charge in [0.25, 0.3) is 10.0 Å². The summed E-state index contributed by atoms with van der Waals surface area (Å²) in [4.78, 5) is 4.74. The van der Waals surface area contributed by atoms with Crippen molar-refractivity contribution in [2.75, 3.05) is 50.0 Å². The Kier molecular flexibility index (Phi) is 7.23. The van der Waals surface area contributed by atoms with Crippen molar-refractivity contribution in [3.8, 4) is 11.5 Å². The molecule has 7 nitrogen and oxygen atoms in total. The quantitative estimate of drug-likeness (QED) is 0.521. The van der Waals surface area contributed by atoms with Crippen LogP contribution in [0.15, 0.2) is 71.6 Å². The van der Waals surface area contributed by atoms with Crippen LogP contribution in [-0.4, -0.2) is 53.7 Å². The van der Waals surface area contributed by atoms with Crippen molar-refractivity contribution in [1.82, 2.24) is 4.90 Å². The normalized spacial score (nSPS) is 14.6. The van der Waals surface area contributed by atoms with E-state index in [2.05, 4.69) is 14.5 Å². The van der Waals surface area contributed by atoms with Crippen molar-refractivity contribution in [2.24, 2.45) is 0 Å². The third-order valence-electron chi connectivity index (χ3n) is 5.82. The van der Waals surface area contributed by atoms with Crippen LogP contribution >= 0.6 is 0 Å². The lowest BCUT2D eigenvalue weighted by Crippen LogP contribution is -2.45. The molecule has 3 aromatic rings. The minimum absolute atomic E-state index is 0.132. The van der Waals surface area contributed by atoms with Crippen LogP contribution in [0.1, 0.15) is 5.56 Å². The maximum atomic E-state index is 13.4. The van der Waals surface area contributed by atoms with Gasteiger partial charge in [-0.1, -0.05) is 12.1 Å². The van der Waals surface area contributed by atoms with Crippen LogP contribution in [0.5, 0.6) is 11.5 Å². The lowest BCUT2D eigenvalue weighted by atomic mass is 10.1. The van der Waals surface area contributed by atoms with E-state index < -0.39 is 15.8 Å². The summed E-state index contributed by atoms with van der Waals surface area (Å²) in [5.41, 5.74) is 2.32. The van der Waals surface area contributed by atoms with E-state index >= 15 is 0 Å². The van der Waals surface area contributed by atoms with Gasteiger partial charge in [0.2, 0.25) is 0 Å². The number of methoxy groups -OCH3 is 2. The average molecular weight is 486 g/mol. The Labute approximate surface area is 199 Å². The largest absolute Gasteiger partial charge is 0.493 e. The Bertz CT molecular complexity index is 1230. The van der Waals surface area contributed by atoms with Gasteiger partial charge in [-0.3, -0.25) is 9.62 Å². The van der Waals surface area contributed by atoms with Crippen molar-refractivity contribution >= 4 is 21.4 Å². The van der Waals surface area contributed by atoms with Crippen LogP contribution in [0.2, 0.25) is 0 Å². The standard InChI is InChI=1S/C25H28FN3O4S/c1-32-24-11-6-19(16-25(24)33-2)18-28-12-14-29(15-13-28)22-7-9-23(10-8-22)34(30,31)27-21-5-3-4-20(26)17-21/h3-11,16-17,27H,12-15,18H2,1-2H3. The van der Waals surface area contributed by atoms with Crippen LogP contribution in [0.3, 0.4) is 0 Å². The van der Waals surface area contributed by atoms with Gasteiger partial charge in [-0.15, -0.1) is 0 Å². The second kappa shape index (κ2) is 10.3. The van der Waals surface area contributed by atoms with Gasteiger partial charge in [-0.25, -0.2) is 12.8 Å². The number of ether oxygens (including phenoxy) is 2. The summed E-state index contributed by atoms with van der Waals surface area (Å²) in [6.45, 7) is 4.25. The first-order valence-corrected chi connectivity index (χ1v) is 12.4. The summed E-state index contributed by atoms with van der Waals surface area (Å²) < 4.78 is 51.7. The fourth-order valence-corrected chi connectivity index (χ4v) is 5.05. The maximum absolute atomic E-state index is 13.4. The maximum Gasteiger partial charge on any atom is 0.261 e. The van der Waals surface area contributed by atoms with Crippen molar-refractivity contribution in [3.63, 3.8) is 0 Å². The van der Waals surface area contributed by atoms with Crippen molar-refractivity contribution < 1.29 is 22.3 Å². The van der Waals surface area contributed by atoms with Gasteiger partial charge in [0.15, 0.2) is 11.5 Å². The van der Waals surface area contributed by atoms with Crippen molar-refractivity contribution in [3.05, 3.63) is 78.1 Å². The average Bonchev–Trinajstić information content (AvgIpc) is 2.84. The SMILES string of the molecule is COc1ccc(CN2CCN(c3ccc(S(=O)(=O)Nc4cccc(F)c4)cc3)CC2)cc1OC. The van der Waals surface area contributed by atoms with Gasteiger partial charge < -0.3 is 14.4 Å². The van der Waals surface area contributed by atoms with Crippen LogP contribution in [0.4, 0.5) is 15.8 Å². The number of piperazine rings is 1. The number of hydrogen-bond donors (Lipinski definition) is 1. The molecule has 1 heterocycles. The topological polar surface area (TPSA) is 71.1 Å². The summed E-state index contributed by atoms with van der Waals surface area (Å²) in [6.07, 6.45) is 0. The highest BCUT2D eigenvalue weighted by atomic mass is 32.2. The highest BCUT2D eigenvalue weighted by molar-refractivity contribution is 7.92. The number of anilines is 2. The van der Waals surface area contributed by atoms with Gasteiger partial charge >= 0.3 is 0 Å². The molecule has 1 saturated heterocycles. The van der Waals surface area contributed by atoms with Gasteiger partial charge in [0.05, 0.1) is 24.8 Å². The molecule has 0 spiro atoms. The second-order valence-electron chi connectivity index (χ2n) is 8.06. The lowest BCUT2D eigenvalue weighted by Gasteiger charge is -2.36. The highest BCUT2D eigenvalue weighted by Gasteiger charge is 2.20. The fraction of sp³-hybridized carbons (Fsp3) is 0.280. The van der Waals surface area contributed by atoms with Gasteiger partial charge in [-0.05, 0) is 60.2 Å². The predicted octanol–water partition coefficient (Wildman–Crippen LogP) is 3.97. The number of sulfonamides is 1. The molecule has 9 heteroatoms. The summed E-state index contributed by atoms with van der Waals surface area (Å²) in [7, 11) is -0.536. The summed E-state index contributed by atoms with van der Waals surface area (Å²) in [5.74, 6) is 0.939. The zero-order valence-electron chi connectivity index (χ0n) is 19.2. The first kappa shape index (κ1) is 23.8. The molecule has 0 aromatic heterocycles. The van der Waals surface area contributed by atoms with Gasteiger partial charge in [-0.2, -0.15) is 0 Å². The highest BCUT2D eigenvalue weighted by Crippen LogP contribution is 2.28. The predicted molar refractivity (Wildman–Crippen MR) is 131 cm³/mol. The van der Waals surface area contributed by atoms with E-state index in [-0.39, 0.29) is 10.6 Å². The molecule has 0 amide bonds. The van der Waals surface area contributed by atoms with E-state index in [9.17, 15) is 12.8 Å². The molecule has 4 rings (SSSR count). The minimum Gasteiger partial charge on any atom is -0.493 e. The molecular weight excluding hydrogens is 457 g/mol. The van der Waals surface area contributed by atoms with E-state index in [4.69, 9.17) is 9.47 Å². The van der Waals surface area contributed by atoms with Crippen molar-refractivity contribution in [1.29, 1.82) is 0 Å². The molecule has 0 radical (unpaired) electrons. The van der Waals surface area contributed by atoms with Gasteiger partial charge in [0.1, 0.15) is 5.82 Å². The molecule has 180 valence electrons. The molecule has 0 aliphatic carbocycles. The van der Waals surface area contributed by atoms with E-state index in [1.54, 1.807) is 26.4 Å². The molecule has 0 unspecified atom stereocenters. The number of benzene rings is 3. The minimum atomic E-state index is -3.79. The molecule has 34 heavy (non-hydrogen) atoms. The van der Waals surface area contributed by atoms with Gasteiger partial charge in [0, 0.05) is 38.4 Å². The molecule has 0 saturated carbocycles. The molecule has 3 aromatic carbocycles. The Balaban J connectivity index is 1.35. The Hall–Kier alpha value is -3.30. The van der Waals surface area contributed by atoms with Crippen LogP contribution < -0.4 is 19.1 Å². The second-order valence-corrected chi connectivity index (χ2v) is 9.74. The van der Waals surface area contributed by atoms with Crippen molar-refractivity contribution in [2.45, 2.75) is 11.4 Å². The Morgan fingerprint density at radius 3 is 2.24 bits per heavy atom. The summed E-state index contributed by atoms with van der Waals surface area (Å²) in [6, 6.07) is 18.1. The molecular formula is C25H28FN3O4S. The molecule has 1 aliphatic heterocycles. The number of halogens is 1. The zero-order chi connectivity index (χ0) is 24.1. The first-order chi connectivity index (χ1) is 16.4. The number of nitrogens with one attached hydrogen (secondary N) is 1. The number of rotatable bonds is 8. The zero-order valence-corrected chi connectivity index (χ0v) is 20.0. The summed E-state index contributed by atoms with van der Waals surface area (Å²) >= 11 is 0. The molecule has 0 atom stereocenters. The van der Waals surface area contributed by atoms with Crippen LogP contribution in [0.25, 0.3) is 0 Å².